The highest BCUT2D eigenvalue weighted by atomic mass is 19.4. The van der Waals surface area contributed by atoms with Crippen molar-refractivity contribution in [3.05, 3.63) is 34.4 Å². The van der Waals surface area contributed by atoms with Crippen molar-refractivity contribution >= 4 is 5.97 Å². The second-order valence-electron chi connectivity index (χ2n) is 4.42. The Kier molecular flexibility index (Phi) is 4.03. The van der Waals surface area contributed by atoms with Gasteiger partial charge in [-0.15, -0.1) is 0 Å². The standard InChI is InChI=1S/C12H10F6O3/c1-5-6(2)8(4-3-7(5)9(19)20)10(21,11(13,14)15)12(16,17)18/h3-4,21H,1-2H3,(H,19,20). The van der Waals surface area contributed by atoms with E-state index in [1.807, 2.05) is 0 Å². The number of alkyl halides is 6. The average Bonchev–Trinajstić information content (AvgIpc) is 2.28. The number of hydrogen-bond acceptors (Lipinski definition) is 2. The summed E-state index contributed by atoms with van der Waals surface area (Å²) in [4.78, 5) is 10.8. The SMILES string of the molecule is Cc1c(C(=O)O)ccc(C(O)(C(F)(F)F)C(F)(F)F)c1C. The zero-order valence-corrected chi connectivity index (χ0v) is 10.7. The largest absolute Gasteiger partial charge is 0.478 e. The molecule has 1 aromatic carbocycles. The zero-order valence-electron chi connectivity index (χ0n) is 10.7. The number of aliphatic hydroxyl groups is 1. The van der Waals surface area contributed by atoms with Gasteiger partial charge in [-0.1, -0.05) is 6.07 Å². The second kappa shape index (κ2) is 4.90. The van der Waals surface area contributed by atoms with Crippen LogP contribution in [0.4, 0.5) is 26.3 Å². The summed E-state index contributed by atoms with van der Waals surface area (Å²) in [7, 11) is 0. The van der Waals surface area contributed by atoms with E-state index in [2.05, 4.69) is 0 Å². The third-order valence-electron chi connectivity index (χ3n) is 3.23. The summed E-state index contributed by atoms with van der Waals surface area (Å²) in [6.07, 6.45) is -12.0. The molecular weight excluding hydrogens is 306 g/mol. The van der Waals surface area contributed by atoms with Crippen LogP contribution in [0.1, 0.15) is 27.0 Å². The second-order valence-corrected chi connectivity index (χ2v) is 4.42. The van der Waals surface area contributed by atoms with Crippen molar-refractivity contribution in [2.24, 2.45) is 0 Å². The fourth-order valence-electron chi connectivity index (χ4n) is 1.91. The number of carboxylic acids is 1. The molecule has 0 aliphatic heterocycles. The summed E-state index contributed by atoms with van der Waals surface area (Å²) in [5, 5.41) is 18.1. The van der Waals surface area contributed by atoms with Gasteiger partial charge in [0, 0.05) is 5.56 Å². The Balaban J connectivity index is 3.71. The molecular formula is C12H10F6O3. The quantitative estimate of drug-likeness (QED) is 0.823. The fraction of sp³-hybridized carbons (Fsp3) is 0.417. The zero-order chi connectivity index (χ0) is 16.8. The molecule has 0 bridgehead atoms. The van der Waals surface area contributed by atoms with Crippen molar-refractivity contribution in [2.45, 2.75) is 31.8 Å². The molecule has 0 atom stereocenters. The number of halogens is 6. The van der Waals surface area contributed by atoms with Crippen LogP contribution < -0.4 is 0 Å². The van der Waals surface area contributed by atoms with E-state index in [-0.39, 0.29) is 5.56 Å². The predicted molar refractivity (Wildman–Crippen MR) is 58.9 cm³/mol. The Morgan fingerprint density at radius 1 is 0.952 bits per heavy atom. The Labute approximate surface area is 114 Å². The molecule has 9 heteroatoms. The van der Waals surface area contributed by atoms with Gasteiger partial charge in [-0.25, -0.2) is 4.79 Å². The number of carboxylic acid groups (broad SMARTS) is 1. The molecule has 0 heterocycles. The lowest BCUT2D eigenvalue weighted by Crippen LogP contribution is -2.54. The summed E-state index contributed by atoms with van der Waals surface area (Å²) < 4.78 is 76.6. The van der Waals surface area contributed by atoms with Crippen LogP contribution in [0.25, 0.3) is 0 Å². The van der Waals surface area contributed by atoms with Crippen molar-refractivity contribution < 1.29 is 41.4 Å². The molecule has 0 saturated heterocycles. The summed E-state index contributed by atoms with van der Waals surface area (Å²) >= 11 is 0. The van der Waals surface area contributed by atoms with E-state index in [1.165, 1.54) is 0 Å². The van der Waals surface area contributed by atoms with Crippen LogP contribution in [0.5, 0.6) is 0 Å². The molecule has 2 N–H and O–H groups in total. The monoisotopic (exact) mass is 316 g/mol. The van der Waals surface area contributed by atoms with Crippen LogP contribution in [0.3, 0.4) is 0 Å². The molecule has 0 saturated carbocycles. The van der Waals surface area contributed by atoms with E-state index < -0.39 is 40.6 Å². The maximum atomic E-state index is 12.8. The van der Waals surface area contributed by atoms with Gasteiger partial charge in [0.2, 0.25) is 0 Å². The predicted octanol–water partition coefficient (Wildman–Crippen LogP) is 3.31. The maximum absolute atomic E-state index is 12.8. The topological polar surface area (TPSA) is 57.5 Å². The molecule has 0 aromatic heterocycles. The lowest BCUT2D eigenvalue weighted by atomic mass is 9.85. The molecule has 0 spiro atoms. The van der Waals surface area contributed by atoms with Crippen molar-refractivity contribution in [2.75, 3.05) is 0 Å². The number of aromatic carboxylic acids is 1. The van der Waals surface area contributed by atoms with Gasteiger partial charge in [0.1, 0.15) is 0 Å². The Morgan fingerprint density at radius 2 is 1.38 bits per heavy atom. The third kappa shape index (κ3) is 2.57. The van der Waals surface area contributed by atoms with Crippen LogP contribution in [0, 0.1) is 13.8 Å². The number of hydrogen-bond donors (Lipinski definition) is 2. The molecule has 21 heavy (non-hydrogen) atoms. The highest BCUT2D eigenvalue weighted by Gasteiger charge is 2.71. The first-order valence-corrected chi connectivity index (χ1v) is 5.45. The average molecular weight is 316 g/mol. The summed E-state index contributed by atoms with van der Waals surface area (Å²) in [5.74, 6) is -1.50. The highest BCUT2D eigenvalue weighted by Crippen LogP contribution is 2.51. The van der Waals surface area contributed by atoms with Gasteiger partial charge >= 0.3 is 18.3 Å². The van der Waals surface area contributed by atoms with Gasteiger partial charge in [-0.05, 0) is 31.0 Å². The Morgan fingerprint density at radius 3 is 1.71 bits per heavy atom. The van der Waals surface area contributed by atoms with Crippen LogP contribution >= 0.6 is 0 Å². The fourth-order valence-corrected chi connectivity index (χ4v) is 1.91. The molecule has 0 fully saturated rings. The first-order chi connectivity index (χ1) is 9.25. The number of rotatable bonds is 2. The van der Waals surface area contributed by atoms with Crippen LogP contribution in [0.15, 0.2) is 12.1 Å². The van der Waals surface area contributed by atoms with Crippen LogP contribution in [0.2, 0.25) is 0 Å². The minimum Gasteiger partial charge on any atom is -0.478 e. The van der Waals surface area contributed by atoms with E-state index in [9.17, 15) is 36.2 Å². The van der Waals surface area contributed by atoms with Crippen molar-refractivity contribution in [3.63, 3.8) is 0 Å². The molecule has 0 unspecified atom stereocenters. The van der Waals surface area contributed by atoms with Gasteiger partial charge in [0.15, 0.2) is 0 Å². The summed E-state index contributed by atoms with van der Waals surface area (Å²) in [6.45, 7) is 1.95. The minimum atomic E-state index is -6.01. The summed E-state index contributed by atoms with van der Waals surface area (Å²) in [6, 6.07) is 0.926. The van der Waals surface area contributed by atoms with E-state index in [0.29, 0.717) is 12.1 Å². The van der Waals surface area contributed by atoms with Gasteiger partial charge in [-0.3, -0.25) is 0 Å². The normalized spacial score (nSPS) is 13.4. The molecule has 1 aromatic rings. The molecule has 118 valence electrons. The molecule has 3 nitrogen and oxygen atoms in total. The van der Waals surface area contributed by atoms with Gasteiger partial charge in [-0.2, -0.15) is 26.3 Å². The van der Waals surface area contributed by atoms with E-state index in [4.69, 9.17) is 5.11 Å². The Hall–Kier alpha value is -1.77. The first-order valence-electron chi connectivity index (χ1n) is 5.45. The van der Waals surface area contributed by atoms with Crippen molar-refractivity contribution in [1.29, 1.82) is 0 Å². The minimum absolute atomic E-state index is 0.285. The lowest BCUT2D eigenvalue weighted by molar-refractivity contribution is -0.376. The third-order valence-corrected chi connectivity index (χ3v) is 3.23. The van der Waals surface area contributed by atoms with E-state index >= 15 is 0 Å². The van der Waals surface area contributed by atoms with Crippen molar-refractivity contribution in [3.8, 4) is 0 Å². The molecule has 0 radical (unpaired) electrons. The summed E-state index contributed by atoms with van der Waals surface area (Å²) in [5.41, 5.74) is -7.82. The molecule has 0 aliphatic carbocycles. The molecule has 1 rings (SSSR count). The molecule has 0 amide bonds. The smallest absolute Gasteiger partial charge is 0.430 e. The first kappa shape index (κ1) is 17.3. The van der Waals surface area contributed by atoms with Gasteiger partial charge < -0.3 is 10.2 Å². The number of carbonyl (C=O) groups is 1. The lowest BCUT2D eigenvalue weighted by Gasteiger charge is -2.34. The van der Waals surface area contributed by atoms with Crippen LogP contribution in [-0.4, -0.2) is 28.5 Å². The van der Waals surface area contributed by atoms with E-state index in [0.717, 1.165) is 13.8 Å². The van der Waals surface area contributed by atoms with Crippen molar-refractivity contribution in [1.82, 2.24) is 0 Å². The van der Waals surface area contributed by atoms with E-state index in [1.54, 1.807) is 0 Å². The number of benzene rings is 1. The van der Waals surface area contributed by atoms with Crippen LogP contribution in [-0.2, 0) is 5.60 Å². The molecule has 0 aliphatic rings. The van der Waals surface area contributed by atoms with Gasteiger partial charge in [0.25, 0.3) is 5.60 Å². The highest BCUT2D eigenvalue weighted by molar-refractivity contribution is 5.89. The Bertz CT molecular complexity index is 560. The maximum Gasteiger partial charge on any atom is 0.430 e. The van der Waals surface area contributed by atoms with Gasteiger partial charge in [0.05, 0.1) is 5.56 Å².